The topological polar surface area (TPSA) is 75.2 Å². The van der Waals surface area contributed by atoms with E-state index in [1.165, 1.54) is 25.0 Å². The molecular weight excluding hydrogens is 472 g/mol. The molecule has 2 heterocycles. The van der Waals surface area contributed by atoms with Gasteiger partial charge in [0.2, 0.25) is 0 Å². The Morgan fingerprint density at radius 1 is 0.882 bits per heavy atom. The summed E-state index contributed by atoms with van der Waals surface area (Å²) in [4.78, 5) is 1.49. The standard InChI is InChI=1S/C23H22F4N4O2S/c24-20-9-8-18(15-19(20)23(25,26)27)34(32,33)30-17-7-5-6-16(14-17)21-10-11-22(29-28-21)31-12-3-1-2-4-13-31/h5-11,14-15,30H,1-4,12-13H2. The fourth-order valence-corrected chi connectivity index (χ4v) is 4.87. The summed E-state index contributed by atoms with van der Waals surface area (Å²) in [5, 5.41) is 8.57. The van der Waals surface area contributed by atoms with E-state index in [1.807, 2.05) is 6.07 Å². The van der Waals surface area contributed by atoms with E-state index in [9.17, 15) is 26.0 Å². The van der Waals surface area contributed by atoms with Crippen LogP contribution in [0.5, 0.6) is 0 Å². The van der Waals surface area contributed by atoms with Crippen molar-refractivity contribution in [1.29, 1.82) is 0 Å². The second-order valence-electron chi connectivity index (χ2n) is 8.00. The average molecular weight is 495 g/mol. The van der Waals surface area contributed by atoms with Crippen molar-refractivity contribution in [1.82, 2.24) is 10.2 Å². The lowest BCUT2D eigenvalue weighted by atomic mass is 10.1. The summed E-state index contributed by atoms with van der Waals surface area (Å²) in [6.45, 7) is 1.84. The van der Waals surface area contributed by atoms with Gasteiger partial charge < -0.3 is 4.90 Å². The van der Waals surface area contributed by atoms with Gasteiger partial charge >= 0.3 is 6.18 Å². The van der Waals surface area contributed by atoms with Gasteiger partial charge in [-0.05, 0) is 55.3 Å². The van der Waals surface area contributed by atoms with Crippen molar-refractivity contribution >= 4 is 21.5 Å². The zero-order chi connectivity index (χ0) is 24.3. The smallest absolute Gasteiger partial charge is 0.355 e. The second-order valence-corrected chi connectivity index (χ2v) is 9.69. The van der Waals surface area contributed by atoms with Crippen LogP contribution in [-0.4, -0.2) is 31.7 Å². The first-order chi connectivity index (χ1) is 16.1. The predicted molar refractivity (Wildman–Crippen MR) is 120 cm³/mol. The van der Waals surface area contributed by atoms with E-state index in [2.05, 4.69) is 19.8 Å². The number of alkyl halides is 3. The first-order valence-corrected chi connectivity index (χ1v) is 12.2. The van der Waals surface area contributed by atoms with Crippen LogP contribution >= 0.6 is 0 Å². The van der Waals surface area contributed by atoms with Crippen LogP contribution in [0, 0.1) is 5.82 Å². The molecule has 0 saturated carbocycles. The molecule has 1 saturated heterocycles. The van der Waals surface area contributed by atoms with Gasteiger partial charge in [-0.2, -0.15) is 13.2 Å². The van der Waals surface area contributed by atoms with Gasteiger partial charge in [0, 0.05) is 24.3 Å². The maximum Gasteiger partial charge on any atom is 0.419 e. The maximum atomic E-state index is 13.5. The number of rotatable bonds is 5. The van der Waals surface area contributed by atoms with Crippen LogP contribution in [0.2, 0.25) is 0 Å². The number of anilines is 2. The van der Waals surface area contributed by atoms with Gasteiger partial charge in [-0.15, -0.1) is 10.2 Å². The van der Waals surface area contributed by atoms with Crippen LogP contribution in [0.15, 0.2) is 59.5 Å². The number of nitrogens with one attached hydrogen (secondary N) is 1. The van der Waals surface area contributed by atoms with Crippen LogP contribution in [0.3, 0.4) is 0 Å². The van der Waals surface area contributed by atoms with Gasteiger partial charge in [0.15, 0.2) is 5.82 Å². The van der Waals surface area contributed by atoms with Crippen molar-refractivity contribution in [3.8, 4) is 11.3 Å². The van der Waals surface area contributed by atoms with E-state index in [4.69, 9.17) is 0 Å². The number of sulfonamides is 1. The number of halogens is 4. The number of nitrogens with zero attached hydrogens (tertiary/aromatic N) is 3. The molecule has 2 aromatic carbocycles. The quantitative estimate of drug-likeness (QED) is 0.476. The maximum absolute atomic E-state index is 13.5. The van der Waals surface area contributed by atoms with Crippen LogP contribution in [0.25, 0.3) is 11.3 Å². The molecule has 0 atom stereocenters. The molecule has 1 aromatic heterocycles. The number of aromatic nitrogens is 2. The molecule has 4 rings (SSSR count). The highest BCUT2D eigenvalue weighted by Gasteiger charge is 2.35. The molecule has 0 bridgehead atoms. The second kappa shape index (κ2) is 9.57. The van der Waals surface area contributed by atoms with E-state index in [1.54, 1.807) is 18.2 Å². The summed E-state index contributed by atoms with van der Waals surface area (Å²) in [6.07, 6.45) is -0.428. The van der Waals surface area contributed by atoms with Crippen LogP contribution in [-0.2, 0) is 16.2 Å². The summed E-state index contributed by atoms with van der Waals surface area (Å²) < 4.78 is 80.0. The number of benzene rings is 2. The lowest BCUT2D eigenvalue weighted by Gasteiger charge is -2.20. The highest BCUT2D eigenvalue weighted by atomic mass is 32.2. The zero-order valence-corrected chi connectivity index (χ0v) is 18.8. The zero-order valence-electron chi connectivity index (χ0n) is 18.0. The van der Waals surface area contributed by atoms with Gasteiger partial charge in [-0.1, -0.05) is 25.0 Å². The van der Waals surface area contributed by atoms with Gasteiger partial charge in [0.1, 0.15) is 5.82 Å². The third kappa shape index (κ3) is 5.46. The Labute approximate surface area is 194 Å². The normalized spacial score (nSPS) is 15.1. The molecule has 1 N–H and O–H groups in total. The molecule has 0 spiro atoms. The minimum absolute atomic E-state index is 0.119. The van der Waals surface area contributed by atoms with Crippen molar-refractivity contribution in [2.45, 2.75) is 36.8 Å². The fourth-order valence-electron chi connectivity index (χ4n) is 3.79. The highest BCUT2D eigenvalue weighted by Crippen LogP contribution is 2.33. The molecule has 0 aliphatic carbocycles. The molecule has 11 heteroatoms. The highest BCUT2D eigenvalue weighted by molar-refractivity contribution is 7.92. The minimum Gasteiger partial charge on any atom is -0.355 e. The Morgan fingerprint density at radius 3 is 2.26 bits per heavy atom. The lowest BCUT2D eigenvalue weighted by molar-refractivity contribution is -0.140. The molecule has 1 aliphatic heterocycles. The Morgan fingerprint density at radius 2 is 1.62 bits per heavy atom. The molecule has 1 aliphatic rings. The van der Waals surface area contributed by atoms with Gasteiger partial charge in [0.05, 0.1) is 16.2 Å². The lowest BCUT2D eigenvalue weighted by Crippen LogP contribution is -2.25. The molecular formula is C23H22F4N4O2S. The summed E-state index contributed by atoms with van der Waals surface area (Å²) >= 11 is 0. The molecule has 0 amide bonds. The third-order valence-electron chi connectivity index (χ3n) is 5.54. The molecule has 6 nitrogen and oxygen atoms in total. The van der Waals surface area contributed by atoms with Crippen LogP contribution < -0.4 is 9.62 Å². The van der Waals surface area contributed by atoms with Crippen molar-refractivity contribution < 1.29 is 26.0 Å². The number of hydrogen-bond donors (Lipinski definition) is 1. The Kier molecular flexibility index (Phi) is 6.74. The first-order valence-electron chi connectivity index (χ1n) is 10.7. The molecule has 0 radical (unpaired) electrons. The monoisotopic (exact) mass is 494 g/mol. The van der Waals surface area contributed by atoms with E-state index in [0.717, 1.165) is 37.8 Å². The van der Waals surface area contributed by atoms with Crippen molar-refractivity contribution in [3.63, 3.8) is 0 Å². The molecule has 1 fully saturated rings. The molecule has 0 unspecified atom stereocenters. The first kappa shape index (κ1) is 23.9. The summed E-state index contributed by atoms with van der Waals surface area (Å²) in [5.41, 5.74) is -0.441. The molecule has 180 valence electrons. The van der Waals surface area contributed by atoms with E-state index in [0.29, 0.717) is 17.3 Å². The third-order valence-corrected chi connectivity index (χ3v) is 6.92. The van der Waals surface area contributed by atoms with E-state index < -0.39 is 32.5 Å². The summed E-state index contributed by atoms with van der Waals surface area (Å²) in [5.74, 6) is -0.769. The molecule has 3 aromatic rings. The predicted octanol–water partition coefficient (Wildman–Crippen LogP) is 5.48. The Balaban J connectivity index is 1.55. The Hall–Kier alpha value is -3.21. The summed E-state index contributed by atoms with van der Waals surface area (Å²) in [7, 11) is -4.40. The van der Waals surface area contributed by atoms with Crippen LogP contribution in [0.1, 0.15) is 31.2 Å². The number of hydrogen-bond acceptors (Lipinski definition) is 5. The van der Waals surface area contributed by atoms with Gasteiger partial charge in [-0.3, -0.25) is 4.72 Å². The fraction of sp³-hybridized carbons (Fsp3) is 0.304. The average Bonchev–Trinajstić information content (AvgIpc) is 3.08. The molecule has 34 heavy (non-hydrogen) atoms. The van der Waals surface area contributed by atoms with Gasteiger partial charge in [0.25, 0.3) is 10.0 Å². The van der Waals surface area contributed by atoms with Crippen molar-refractivity contribution in [2.75, 3.05) is 22.7 Å². The summed E-state index contributed by atoms with van der Waals surface area (Å²) in [6, 6.07) is 11.4. The van der Waals surface area contributed by atoms with Crippen molar-refractivity contribution in [3.05, 3.63) is 66.0 Å². The van der Waals surface area contributed by atoms with Crippen LogP contribution in [0.4, 0.5) is 29.1 Å². The van der Waals surface area contributed by atoms with E-state index in [-0.39, 0.29) is 11.8 Å². The van der Waals surface area contributed by atoms with Gasteiger partial charge in [-0.25, -0.2) is 12.8 Å². The Bertz CT molecular complexity index is 1260. The minimum atomic E-state index is -5.02. The largest absolute Gasteiger partial charge is 0.419 e. The van der Waals surface area contributed by atoms with Crippen molar-refractivity contribution in [2.24, 2.45) is 0 Å². The van der Waals surface area contributed by atoms with E-state index >= 15 is 0 Å². The SMILES string of the molecule is O=S(=O)(Nc1cccc(-c2ccc(N3CCCCCC3)nn2)c1)c1ccc(F)c(C(F)(F)F)c1.